The maximum atomic E-state index is 5.77. The van der Waals surface area contributed by atoms with Gasteiger partial charge in [-0.3, -0.25) is 13.7 Å². The first-order valence-corrected chi connectivity index (χ1v) is 44.7. The molecular formula is C102H66N10S2Si2. The summed E-state index contributed by atoms with van der Waals surface area (Å²) in [7, 11) is -6.27. The number of benzene rings is 15. The molecule has 0 saturated heterocycles. The van der Waals surface area contributed by atoms with Gasteiger partial charge in [-0.25, -0.2) is 29.9 Å². The normalized spacial score (nSPS) is 12.1. The molecule has 0 amide bonds. The molecule has 544 valence electrons. The van der Waals surface area contributed by atoms with Crippen LogP contribution in [-0.4, -0.2) is 64.3 Å². The lowest BCUT2D eigenvalue weighted by atomic mass is 10.1. The van der Waals surface area contributed by atoms with Crippen LogP contribution in [0.2, 0.25) is 0 Å². The molecule has 14 heteroatoms. The molecule has 0 radical (unpaired) electrons. The Morgan fingerprint density at radius 1 is 0.233 bits per heavy atom. The highest BCUT2D eigenvalue weighted by atomic mass is 32.1. The molecule has 10 nitrogen and oxygen atoms in total. The molecule has 0 fully saturated rings. The molecule has 15 aromatic carbocycles. The van der Waals surface area contributed by atoms with Gasteiger partial charge in [0.15, 0.2) is 0 Å². The van der Waals surface area contributed by atoms with E-state index in [9.17, 15) is 0 Å². The van der Waals surface area contributed by atoms with Crippen molar-refractivity contribution in [3.05, 3.63) is 401 Å². The van der Waals surface area contributed by atoms with E-state index >= 15 is 0 Å². The Kier molecular flexibility index (Phi) is 15.8. The molecule has 9 heterocycles. The Morgan fingerprint density at radius 3 is 1.10 bits per heavy atom. The number of thiophene rings is 2. The fourth-order valence-corrected chi connectivity index (χ4v) is 31.4. The quantitative estimate of drug-likeness (QED) is 0.0893. The van der Waals surface area contributed by atoms with Gasteiger partial charge >= 0.3 is 0 Å². The van der Waals surface area contributed by atoms with E-state index in [0.29, 0.717) is 11.9 Å². The summed E-state index contributed by atoms with van der Waals surface area (Å²) < 4.78 is 14.3. The van der Waals surface area contributed by atoms with Crippen molar-refractivity contribution in [3.8, 4) is 23.3 Å². The van der Waals surface area contributed by atoms with Crippen LogP contribution < -0.4 is 41.9 Å². The van der Waals surface area contributed by atoms with Gasteiger partial charge in [-0.15, -0.1) is 22.7 Å². The zero-order valence-corrected chi connectivity index (χ0v) is 66.0. The number of nitrogens with zero attached hydrogens (tertiary/aromatic N) is 10. The van der Waals surface area contributed by atoms with Gasteiger partial charge in [-0.2, -0.15) is 0 Å². The second-order valence-corrected chi connectivity index (χ2v) is 39.0. The molecule has 0 atom stereocenters. The Balaban J connectivity index is 0.000000137. The smallest absolute Gasteiger partial charge is 0.237 e. The summed E-state index contributed by atoms with van der Waals surface area (Å²) in [6.07, 6.45) is 5.59. The topological polar surface area (TPSA) is 97.1 Å². The van der Waals surface area contributed by atoms with Crippen molar-refractivity contribution in [2.24, 2.45) is 0 Å². The van der Waals surface area contributed by atoms with Crippen LogP contribution in [-0.2, 0) is 0 Å². The minimum absolute atomic E-state index is 0.606. The van der Waals surface area contributed by atoms with Crippen molar-refractivity contribution in [2.45, 2.75) is 0 Å². The molecule has 0 N–H and O–H groups in total. The molecular weight excluding hydrogens is 1490 g/mol. The minimum Gasteiger partial charge on any atom is -0.309 e. The highest BCUT2D eigenvalue weighted by Crippen LogP contribution is 2.45. The predicted molar refractivity (Wildman–Crippen MR) is 490 cm³/mol. The summed E-state index contributed by atoms with van der Waals surface area (Å²) in [5, 5.41) is 23.1. The van der Waals surface area contributed by atoms with Crippen LogP contribution in [0.1, 0.15) is 0 Å². The third-order valence-electron chi connectivity index (χ3n) is 23.6. The van der Waals surface area contributed by atoms with E-state index in [-0.39, 0.29) is 0 Å². The summed E-state index contributed by atoms with van der Waals surface area (Å²) >= 11 is 3.75. The van der Waals surface area contributed by atoms with E-state index in [2.05, 4.69) is 394 Å². The molecule has 0 aliphatic carbocycles. The van der Waals surface area contributed by atoms with Crippen molar-refractivity contribution in [2.75, 3.05) is 0 Å². The number of pyridine rings is 1. The van der Waals surface area contributed by atoms with Crippen LogP contribution in [0, 0.1) is 0 Å². The summed E-state index contributed by atoms with van der Waals surface area (Å²) in [5.74, 6) is 1.26. The molecule has 9 aromatic heterocycles. The number of fused-ring (bicyclic) bond motifs is 20. The zero-order valence-electron chi connectivity index (χ0n) is 62.4. The van der Waals surface area contributed by atoms with Crippen molar-refractivity contribution in [1.82, 2.24) is 48.2 Å². The largest absolute Gasteiger partial charge is 0.309 e. The summed E-state index contributed by atoms with van der Waals surface area (Å²) in [6, 6.07) is 138. The fourth-order valence-electron chi connectivity index (χ4n) is 18.9. The Labute approximate surface area is 675 Å². The van der Waals surface area contributed by atoms with E-state index in [1.165, 1.54) is 104 Å². The lowest BCUT2D eigenvalue weighted by molar-refractivity contribution is 0.960. The van der Waals surface area contributed by atoms with Crippen molar-refractivity contribution in [3.63, 3.8) is 0 Å². The number of hydrogen-bond acceptors (Lipinski definition) is 8. The first kappa shape index (κ1) is 67.3. The minimum atomic E-state index is -3.19. The predicted octanol–water partition coefficient (Wildman–Crippen LogP) is 19.6. The number of hydrogen-bond donors (Lipinski definition) is 0. The average Bonchev–Trinajstić information content (AvgIpc) is 1.48. The van der Waals surface area contributed by atoms with Crippen LogP contribution in [0.3, 0.4) is 0 Å². The average molecular weight is 1550 g/mol. The zero-order chi connectivity index (χ0) is 76.4. The van der Waals surface area contributed by atoms with E-state index in [0.717, 1.165) is 77.0 Å². The van der Waals surface area contributed by atoms with E-state index in [4.69, 9.17) is 29.9 Å². The SMILES string of the molecule is c1ccc(-n2c3ccc4c(c5ccccc5n4-c4nccc([Si](c5ccccc5)(c5ccccc5)c5cccc6c5sc5ccccc56)n4)c3c3cccnc32)cc1.c1ccc(-n2c3ccccc3c3c4c5ccccc5n(-c5ncnc([Si](c6ccccc6)(c6ccccc6)c6cccc7c6sc6ccccc67)n5)c4ccc32)cc1. The first-order chi connectivity index (χ1) is 57.6. The Bertz CT molecular complexity index is 7430. The molecule has 0 saturated carbocycles. The van der Waals surface area contributed by atoms with Gasteiger partial charge in [0.2, 0.25) is 28.0 Å². The van der Waals surface area contributed by atoms with Gasteiger partial charge < -0.3 is 4.57 Å². The lowest BCUT2D eigenvalue weighted by Crippen LogP contribution is -2.76. The number of para-hydroxylation sites is 5. The van der Waals surface area contributed by atoms with Crippen LogP contribution in [0.15, 0.2) is 401 Å². The highest BCUT2D eigenvalue weighted by Gasteiger charge is 2.48. The van der Waals surface area contributed by atoms with Gasteiger partial charge in [0.05, 0.1) is 38.6 Å². The van der Waals surface area contributed by atoms with Gasteiger partial charge in [0.25, 0.3) is 0 Å². The van der Waals surface area contributed by atoms with Crippen LogP contribution in [0.25, 0.3) is 151 Å². The maximum absolute atomic E-state index is 5.77. The molecule has 0 bridgehead atoms. The van der Waals surface area contributed by atoms with Crippen molar-refractivity contribution >= 4 is 208 Å². The fraction of sp³-hybridized carbons (Fsp3) is 0. The summed E-state index contributed by atoms with van der Waals surface area (Å²) in [4.78, 5) is 31.8. The van der Waals surface area contributed by atoms with Crippen LogP contribution in [0.5, 0.6) is 0 Å². The standard InChI is InChI=1S/2C51H33N5SSi/c1-4-17-34(18-5-1)55-41-27-13-10-24-39(41)47-43(55)31-32-44-48(47)40-25-11-14-28-42(40)56(44)50-52-33-53-51(54-50)58(35-19-6-2-7-20-35,36-21-8-3-9-22-36)46-30-16-26-38-37-23-12-15-29-45(37)57-49(38)46;1-4-16-34(17-5-1)55-42-29-30-43-47(48(42)40-25-15-32-52-50(40)55)39-23-10-12-26-41(39)56(43)51-53-33-31-46(54-51)58(35-18-6-2-7-19-35,36-20-8-3-9-21-36)45-28-14-24-38-37-22-11-13-27-44(37)57-49(38)45/h2*1-33H. The first-order valence-electron chi connectivity index (χ1n) is 39.1. The number of aromatic nitrogens is 10. The molecule has 0 spiro atoms. The Morgan fingerprint density at radius 2 is 0.603 bits per heavy atom. The second kappa shape index (κ2) is 27.2. The van der Waals surface area contributed by atoms with Gasteiger partial charge in [-0.1, -0.05) is 285 Å². The maximum Gasteiger partial charge on any atom is 0.237 e. The van der Waals surface area contributed by atoms with E-state index in [1.54, 1.807) is 6.33 Å². The number of rotatable bonds is 12. The van der Waals surface area contributed by atoms with Gasteiger partial charge in [0, 0.05) is 113 Å². The highest BCUT2D eigenvalue weighted by molar-refractivity contribution is 7.31. The molecule has 0 aliphatic rings. The summed E-state index contributed by atoms with van der Waals surface area (Å²) in [5.41, 5.74) is 11.6. The molecule has 0 aliphatic heterocycles. The molecule has 24 rings (SSSR count). The third-order valence-corrected chi connectivity index (χ3v) is 35.6. The lowest BCUT2D eigenvalue weighted by Gasteiger charge is -2.33. The molecule has 116 heavy (non-hydrogen) atoms. The monoisotopic (exact) mass is 1550 g/mol. The van der Waals surface area contributed by atoms with Gasteiger partial charge in [0.1, 0.15) is 17.4 Å². The molecule has 24 aromatic rings. The van der Waals surface area contributed by atoms with Crippen LogP contribution >= 0.6 is 22.7 Å². The van der Waals surface area contributed by atoms with Crippen LogP contribution in [0.4, 0.5) is 0 Å². The van der Waals surface area contributed by atoms with Crippen molar-refractivity contribution in [1.29, 1.82) is 0 Å². The van der Waals surface area contributed by atoms with Gasteiger partial charge in [-0.05, 0) is 128 Å². The molecule has 0 unspecified atom stereocenters. The van der Waals surface area contributed by atoms with E-state index in [1.807, 2.05) is 41.1 Å². The van der Waals surface area contributed by atoms with E-state index < -0.39 is 16.1 Å². The van der Waals surface area contributed by atoms with Crippen molar-refractivity contribution < 1.29 is 0 Å². The third kappa shape index (κ3) is 10.1. The summed E-state index contributed by atoms with van der Waals surface area (Å²) in [6.45, 7) is 0. The second-order valence-electron chi connectivity index (χ2n) is 29.5. The Hall–Kier alpha value is -14.4.